The number of fused-ring (bicyclic) bond motifs is 1. The van der Waals surface area contributed by atoms with Gasteiger partial charge >= 0.3 is 6.09 Å². The summed E-state index contributed by atoms with van der Waals surface area (Å²) in [6.45, 7) is 2.99. The predicted molar refractivity (Wildman–Crippen MR) is 134 cm³/mol. The summed E-state index contributed by atoms with van der Waals surface area (Å²) < 4.78 is 32.3. The van der Waals surface area contributed by atoms with Crippen LogP contribution in [0.25, 0.3) is 0 Å². The van der Waals surface area contributed by atoms with E-state index in [1.165, 1.54) is 0 Å². The fourth-order valence-electron chi connectivity index (χ4n) is 5.02. The number of sulfonamides is 1. The number of hydrogen-bond acceptors (Lipinski definition) is 7. The highest BCUT2D eigenvalue weighted by Crippen LogP contribution is 2.46. The van der Waals surface area contributed by atoms with Gasteiger partial charge in [-0.25, -0.2) is 13.2 Å². The molecule has 0 aromatic heterocycles. The van der Waals surface area contributed by atoms with Gasteiger partial charge in [0.15, 0.2) is 0 Å². The Kier molecular flexibility index (Phi) is 7.49. The fraction of sp³-hybridized carbons (Fsp3) is 0.609. The van der Waals surface area contributed by atoms with Gasteiger partial charge in [-0.15, -0.1) is 12.4 Å². The molecule has 2 heterocycles. The summed E-state index contributed by atoms with van der Waals surface area (Å²) in [5.74, 6) is -1.20. The van der Waals surface area contributed by atoms with E-state index in [9.17, 15) is 22.8 Å². The summed E-state index contributed by atoms with van der Waals surface area (Å²) >= 11 is 6.22. The van der Waals surface area contributed by atoms with E-state index in [0.29, 0.717) is 50.3 Å². The van der Waals surface area contributed by atoms with Crippen molar-refractivity contribution in [2.75, 3.05) is 6.54 Å². The number of benzene rings is 1. The monoisotopic (exact) mass is 560 g/mol. The van der Waals surface area contributed by atoms with Crippen molar-refractivity contribution in [1.82, 2.24) is 20.3 Å². The van der Waals surface area contributed by atoms with Gasteiger partial charge in [-0.2, -0.15) is 0 Å². The van der Waals surface area contributed by atoms with Gasteiger partial charge < -0.3 is 15.4 Å². The topological polar surface area (TPSA) is 134 Å². The van der Waals surface area contributed by atoms with Crippen LogP contribution in [0, 0.1) is 5.92 Å². The van der Waals surface area contributed by atoms with Crippen molar-refractivity contribution in [3.63, 3.8) is 0 Å². The molecule has 10 nitrogen and oxygen atoms in total. The van der Waals surface area contributed by atoms with Crippen molar-refractivity contribution in [3.8, 4) is 0 Å². The van der Waals surface area contributed by atoms with Gasteiger partial charge in [0.05, 0.1) is 17.8 Å². The fourth-order valence-corrected chi connectivity index (χ4v) is 6.64. The molecule has 1 aromatic rings. The zero-order chi connectivity index (χ0) is 25.0. The van der Waals surface area contributed by atoms with Gasteiger partial charge in [-0.05, 0) is 42.4 Å². The second-order valence-electron chi connectivity index (χ2n) is 9.88. The third-order valence-corrected chi connectivity index (χ3v) is 9.58. The van der Waals surface area contributed by atoms with Gasteiger partial charge in [-0.3, -0.25) is 19.2 Å². The van der Waals surface area contributed by atoms with E-state index in [0.717, 1.165) is 11.1 Å². The molecule has 0 bridgehead atoms. The second kappa shape index (κ2) is 10.00. The molecule has 2 aliphatic carbocycles. The molecule has 13 heteroatoms. The Morgan fingerprint density at radius 2 is 2.00 bits per heavy atom. The summed E-state index contributed by atoms with van der Waals surface area (Å²) in [6.07, 6.45) is 1.40. The molecule has 3 fully saturated rings. The lowest BCUT2D eigenvalue weighted by atomic mass is 10.1. The Bertz CT molecular complexity index is 1180. The average Bonchev–Trinajstić information content (AvgIpc) is 3.69. The molecular weight excluding hydrogens is 531 g/mol. The first kappa shape index (κ1) is 27.0. The van der Waals surface area contributed by atoms with Crippen molar-refractivity contribution in [3.05, 3.63) is 34.3 Å². The Labute approximate surface area is 221 Å². The third kappa shape index (κ3) is 5.16. The summed E-state index contributed by atoms with van der Waals surface area (Å²) in [5, 5.41) is 5.94. The lowest BCUT2D eigenvalue weighted by Crippen LogP contribution is -2.55. The maximum atomic E-state index is 13.0. The highest BCUT2D eigenvalue weighted by molar-refractivity contribution is 7.91. The minimum Gasteiger partial charge on any atom is -0.445 e. The number of nitrogens with one attached hydrogen (secondary N) is 3. The molecule has 2 aliphatic heterocycles. The molecule has 5 rings (SSSR count). The molecule has 36 heavy (non-hydrogen) atoms. The van der Waals surface area contributed by atoms with Crippen LogP contribution in [0.15, 0.2) is 18.2 Å². The zero-order valence-electron chi connectivity index (χ0n) is 19.8. The van der Waals surface area contributed by atoms with E-state index < -0.39 is 50.9 Å². The average molecular weight is 561 g/mol. The largest absolute Gasteiger partial charge is 0.445 e. The normalized spacial score (nSPS) is 28.6. The number of amides is 3. The molecule has 3 amide bonds. The van der Waals surface area contributed by atoms with Crippen LogP contribution in [0.2, 0.25) is 5.02 Å². The molecule has 0 radical (unpaired) electrons. The van der Waals surface area contributed by atoms with Crippen LogP contribution in [0.1, 0.15) is 50.2 Å². The lowest BCUT2D eigenvalue weighted by molar-refractivity contribution is -0.130. The van der Waals surface area contributed by atoms with Gasteiger partial charge in [0.1, 0.15) is 11.6 Å². The molecule has 4 aliphatic rings. The standard InChI is InChI=1S/C23H29ClN4O6S.ClH/c1-2-14-9-23(14,21(30)27-35(32,33)16-6-7-16)26-20(29)19-8-15(10-25-19)34-22(31)28-11-13-4-3-5-18(24)17(13)12-28;/h3-5,14-16,19,25H,2,6-12H2,1H3,(H,26,29)(H,27,30);1H/t14-,15?,19?,23-;/m1./s1. The number of rotatable bonds is 7. The number of carbonyl (C=O) groups excluding carboxylic acids is 3. The Hall–Kier alpha value is -2.08. The number of ether oxygens (including phenoxy) is 1. The predicted octanol–water partition coefficient (Wildman–Crippen LogP) is 1.84. The third-order valence-electron chi connectivity index (χ3n) is 7.41. The summed E-state index contributed by atoms with van der Waals surface area (Å²) in [5.41, 5.74) is 0.679. The molecule has 0 spiro atoms. The quantitative estimate of drug-likeness (QED) is 0.463. The smallest absolute Gasteiger partial charge is 0.410 e. The van der Waals surface area contributed by atoms with Crippen molar-refractivity contribution in [2.45, 2.75) is 75.1 Å². The first-order valence-corrected chi connectivity index (χ1v) is 13.9. The number of carbonyl (C=O) groups is 3. The van der Waals surface area contributed by atoms with E-state index in [1.54, 1.807) is 11.0 Å². The van der Waals surface area contributed by atoms with Crippen LogP contribution in [0.4, 0.5) is 4.79 Å². The van der Waals surface area contributed by atoms with Gasteiger partial charge in [0.25, 0.3) is 5.91 Å². The SMILES string of the molecule is CC[C@@H]1C[C@]1(NC(=O)C1CC(OC(=O)N2Cc3cccc(Cl)c3C2)CN1)C(=O)NS(=O)(=O)C1CC1.Cl. The number of hydrogen-bond donors (Lipinski definition) is 3. The number of halogens is 2. The summed E-state index contributed by atoms with van der Waals surface area (Å²) in [7, 11) is -3.71. The van der Waals surface area contributed by atoms with Crippen LogP contribution in [-0.2, 0) is 37.4 Å². The molecule has 2 unspecified atom stereocenters. The second-order valence-corrected chi connectivity index (χ2v) is 12.2. The molecule has 3 N–H and O–H groups in total. The van der Waals surface area contributed by atoms with E-state index in [4.69, 9.17) is 16.3 Å². The van der Waals surface area contributed by atoms with E-state index in [-0.39, 0.29) is 24.7 Å². The molecule has 1 aromatic carbocycles. The van der Waals surface area contributed by atoms with Crippen LogP contribution in [0.5, 0.6) is 0 Å². The molecule has 198 valence electrons. The van der Waals surface area contributed by atoms with Crippen LogP contribution < -0.4 is 15.4 Å². The van der Waals surface area contributed by atoms with Crippen molar-refractivity contribution < 1.29 is 27.5 Å². The minimum atomic E-state index is -3.71. The Morgan fingerprint density at radius 1 is 1.25 bits per heavy atom. The molecule has 4 atom stereocenters. The van der Waals surface area contributed by atoms with E-state index >= 15 is 0 Å². The van der Waals surface area contributed by atoms with Crippen molar-refractivity contribution in [1.29, 1.82) is 0 Å². The first-order valence-electron chi connectivity index (χ1n) is 12.0. The van der Waals surface area contributed by atoms with Crippen LogP contribution in [-0.4, -0.2) is 60.7 Å². The van der Waals surface area contributed by atoms with Crippen molar-refractivity contribution in [2.24, 2.45) is 5.92 Å². The molecule has 1 saturated heterocycles. The number of nitrogens with zero attached hydrogens (tertiary/aromatic N) is 1. The minimum absolute atomic E-state index is 0. The summed E-state index contributed by atoms with van der Waals surface area (Å²) in [6, 6.07) is 4.91. The Morgan fingerprint density at radius 3 is 2.64 bits per heavy atom. The maximum Gasteiger partial charge on any atom is 0.410 e. The maximum absolute atomic E-state index is 13.0. The van der Waals surface area contributed by atoms with Gasteiger partial charge in [0, 0.05) is 24.5 Å². The molecule has 2 saturated carbocycles. The van der Waals surface area contributed by atoms with Crippen LogP contribution >= 0.6 is 24.0 Å². The van der Waals surface area contributed by atoms with E-state index in [1.807, 2.05) is 19.1 Å². The van der Waals surface area contributed by atoms with E-state index in [2.05, 4.69) is 15.4 Å². The lowest BCUT2D eigenvalue weighted by Gasteiger charge is -2.21. The van der Waals surface area contributed by atoms with Gasteiger partial charge in [0.2, 0.25) is 15.9 Å². The first-order chi connectivity index (χ1) is 16.6. The highest BCUT2D eigenvalue weighted by atomic mass is 35.5. The van der Waals surface area contributed by atoms with Crippen molar-refractivity contribution >= 4 is 51.9 Å². The Balaban J connectivity index is 0.00000304. The highest BCUT2D eigenvalue weighted by Gasteiger charge is 2.61. The zero-order valence-corrected chi connectivity index (χ0v) is 22.2. The molecular formula is C23H30Cl2N4O6S. The van der Waals surface area contributed by atoms with Gasteiger partial charge in [-0.1, -0.05) is 37.1 Å². The van der Waals surface area contributed by atoms with Crippen LogP contribution in [0.3, 0.4) is 0 Å². The summed E-state index contributed by atoms with van der Waals surface area (Å²) in [4.78, 5) is 40.1.